The third-order valence-corrected chi connectivity index (χ3v) is 7.01. The van der Waals surface area contributed by atoms with Gasteiger partial charge in [-0.25, -0.2) is 14.8 Å². The van der Waals surface area contributed by atoms with Gasteiger partial charge in [0.25, 0.3) is 11.8 Å². The van der Waals surface area contributed by atoms with Crippen LogP contribution < -0.4 is 14.8 Å². The van der Waals surface area contributed by atoms with Gasteiger partial charge < -0.3 is 9.47 Å². The van der Waals surface area contributed by atoms with E-state index in [0.717, 1.165) is 5.56 Å². The zero-order chi connectivity index (χ0) is 28.2. The van der Waals surface area contributed by atoms with Crippen LogP contribution in [0.1, 0.15) is 32.3 Å². The minimum absolute atomic E-state index is 0.213. The summed E-state index contributed by atoms with van der Waals surface area (Å²) < 4.78 is 10.5. The van der Waals surface area contributed by atoms with E-state index in [1.165, 1.54) is 10.0 Å². The number of carbonyl (C=O) groups excluding carboxylic acids is 3. The number of para-hydroxylation sites is 2. The molecule has 0 saturated carbocycles. The van der Waals surface area contributed by atoms with E-state index in [9.17, 15) is 14.4 Å². The summed E-state index contributed by atoms with van der Waals surface area (Å²) in [6.45, 7) is 5.42. The molecule has 2 aliphatic rings. The highest BCUT2D eigenvalue weighted by molar-refractivity contribution is 6.19. The van der Waals surface area contributed by atoms with Gasteiger partial charge in [-0.2, -0.15) is 10.2 Å². The maximum atomic E-state index is 13.9. The van der Waals surface area contributed by atoms with Crippen LogP contribution in [-0.2, 0) is 19.1 Å². The monoisotopic (exact) mass is 538 g/mol. The van der Waals surface area contributed by atoms with E-state index in [4.69, 9.17) is 9.47 Å². The molecule has 0 spiro atoms. The standard InChI is InChI=1S/C31H30N4O5/c1-4-39-26(36)19-40-25-17-15-22(16-18-25)29(27-20(2)32-34(30(27)37)23-11-7-5-8-12-23)28-21(3)33-35(31(28)38)24-13-9-6-10-14-24/h5-18,27-29H,4,19H2,1-3H3. The summed E-state index contributed by atoms with van der Waals surface area (Å²) in [5, 5.41) is 12.0. The molecule has 2 amide bonds. The molecule has 0 saturated heterocycles. The van der Waals surface area contributed by atoms with Gasteiger partial charge in [-0.3, -0.25) is 9.59 Å². The van der Waals surface area contributed by atoms with Gasteiger partial charge in [0.05, 0.1) is 29.8 Å². The fourth-order valence-electron chi connectivity index (χ4n) is 5.20. The molecule has 2 unspecified atom stereocenters. The number of anilines is 2. The Hall–Kier alpha value is -4.79. The van der Waals surface area contributed by atoms with Crippen molar-refractivity contribution in [3.05, 3.63) is 90.5 Å². The van der Waals surface area contributed by atoms with E-state index < -0.39 is 23.7 Å². The molecular formula is C31H30N4O5. The molecule has 0 N–H and O–H groups in total. The van der Waals surface area contributed by atoms with Crippen LogP contribution in [0.4, 0.5) is 11.4 Å². The van der Waals surface area contributed by atoms with Gasteiger partial charge in [0.15, 0.2) is 6.61 Å². The minimum Gasteiger partial charge on any atom is -0.482 e. The second-order valence-corrected chi connectivity index (χ2v) is 9.60. The van der Waals surface area contributed by atoms with Gasteiger partial charge >= 0.3 is 5.97 Å². The lowest BCUT2D eigenvalue weighted by atomic mass is 9.73. The average Bonchev–Trinajstić information content (AvgIpc) is 3.44. The van der Waals surface area contributed by atoms with Crippen LogP contribution in [-0.4, -0.2) is 42.4 Å². The van der Waals surface area contributed by atoms with Crippen molar-refractivity contribution in [2.24, 2.45) is 22.0 Å². The smallest absolute Gasteiger partial charge is 0.344 e. The van der Waals surface area contributed by atoms with Crippen LogP contribution in [0.3, 0.4) is 0 Å². The molecule has 0 aromatic heterocycles. The summed E-state index contributed by atoms with van der Waals surface area (Å²) in [5.74, 6) is -2.38. The fourth-order valence-corrected chi connectivity index (χ4v) is 5.20. The van der Waals surface area contributed by atoms with Crippen LogP contribution in [0.2, 0.25) is 0 Å². The maximum Gasteiger partial charge on any atom is 0.344 e. The van der Waals surface area contributed by atoms with Gasteiger partial charge in [-0.1, -0.05) is 48.5 Å². The minimum atomic E-state index is -0.693. The summed E-state index contributed by atoms with van der Waals surface area (Å²) in [7, 11) is 0. The lowest BCUT2D eigenvalue weighted by molar-refractivity contribution is -0.145. The number of benzene rings is 3. The Balaban J connectivity index is 1.50. The molecule has 2 atom stereocenters. The van der Waals surface area contributed by atoms with Crippen molar-refractivity contribution in [3.8, 4) is 5.75 Å². The molecule has 40 heavy (non-hydrogen) atoms. The highest BCUT2D eigenvalue weighted by atomic mass is 16.6. The van der Waals surface area contributed by atoms with Crippen LogP contribution in [0.15, 0.2) is 95.1 Å². The zero-order valence-electron chi connectivity index (χ0n) is 22.6. The van der Waals surface area contributed by atoms with Gasteiger partial charge in [0.2, 0.25) is 0 Å². The second-order valence-electron chi connectivity index (χ2n) is 9.60. The summed E-state index contributed by atoms with van der Waals surface area (Å²) >= 11 is 0. The molecule has 0 radical (unpaired) electrons. The first-order valence-corrected chi connectivity index (χ1v) is 13.2. The molecule has 5 rings (SSSR count). The number of carbonyl (C=O) groups is 3. The van der Waals surface area contributed by atoms with Crippen LogP contribution in [0.5, 0.6) is 5.75 Å². The number of hydrazone groups is 2. The van der Waals surface area contributed by atoms with E-state index in [0.29, 0.717) is 28.5 Å². The van der Waals surface area contributed by atoms with Crippen LogP contribution in [0, 0.1) is 11.8 Å². The molecule has 0 fully saturated rings. The van der Waals surface area contributed by atoms with Gasteiger partial charge in [0.1, 0.15) is 5.75 Å². The van der Waals surface area contributed by atoms with Crippen molar-refractivity contribution in [2.45, 2.75) is 26.7 Å². The third-order valence-electron chi connectivity index (χ3n) is 7.01. The predicted molar refractivity (Wildman–Crippen MR) is 152 cm³/mol. The fraction of sp³-hybridized carbons (Fsp3) is 0.258. The number of ether oxygens (including phenoxy) is 2. The predicted octanol–water partition coefficient (Wildman–Crippen LogP) is 4.79. The van der Waals surface area contributed by atoms with Crippen LogP contribution >= 0.6 is 0 Å². The van der Waals surface area contributed by atoms with E-state index in [2.05, 4.69) is 10.2 Å². The SMILES string of the molecule is CCOC(=O)COc1ccc(C(C2C(=O)N(c3ccccc3)N=C2C)C2C(=O)N(c3ccccc3)N=C2C)cc1. The lowest BCUT2D eigenvalue weighted by Gasteiger charge is -2.28. The molecule has 204 valence electrons. The molecule has 9 heteroatoms. The van der Waals surface area contributed by atoms with Gasteiger partial charge in [-0.15, -0.1) is 0 Å². The Morgan fingerprint density at radius 2 is 1.25 bits per heavy atom. The zero-order valence-corrected chi connectivity index (χ0v) is 22.6. The maximum absolute atomic E-state index is 13.9. The largest absolute Gasteiger partial charge is 0.482 e. The number of nitrogens with zero attached hydrogens (tertiary/aromatic N) is 4. The molecule has 0 aliphatic carbocycles. The normalized spacial score (nSPS) is 19.4. The van der Waals surface area contributed by atoms with E-state index in [-0.39, 0.29) is 25.0 Å². The van der Waals surface area contributed by atoms with Crippen molar-refractivity contribution < 1.29 is 23.9 Å². The number of hydrogen-bond donors (Lipinski definition) is 0. The Morgan fingerprint density at radius 3 is 1.70 bits per heavy atom. The highest BCUT2D eigenvalue weighted by Crippen LogP contribution is 2.43. The Labute approximate surface area is 232 Å². The molecule has 2 heterocycles. The van der Waals surface area contributed by atoms with E-state index in [1.54, 1.807) is 19.1 Å². The van der Waals surface area contributed by atoms with E-state index >= 15 is 0 Å². The number of hydrogen-bond acceptors (Lipinski definition) is 7. The first kappa shape index (κ1) is 26.8. The van der Waals surface area contributed by atoms with Crippen molar-refractivity contribution in [1.82, 2.24) is 0 Å². The first-order chi connectivity index (χ1) is 19.4. The topological polar surface area (TPSA) is 101 Å². The third kappa shape index (κ3) is 5.22. The van der Waals surface area contributed by atoms with Crippen molar-refractivity contribution in [2.75, 3.05) is 23.2 Å². The van der Waals surface area contributed by atoms with Crippen molar-refractivity contribution >= 4 is 40.6 Å². The van der Waals surface area contributed by atoms with Crippen LogP contribution in [0.25, 0.3) is 0 Å². The molecular weight excluding hydrogens is 508 g/mol. The van der Waals surface area contributed by atoms with Gasteiger partial charge in [0, 0.05) is 17.3 Å². The summed E-state index contributed by atoms with van der Waals surface area (Å²) in [5.41, 5.74) is 3.30. The Bertz CT molecular complexity index is 1370. The summed E-state index contributed by atoms with van der Waals surface area (Å²) in [4.78, 5) is 39.6. The summed E-state index contributed by atoms with van der Waals surface area (Å²) in [6, 6.07) is 25.5. The van der Waals surface area contributed by atoms with Crippen molar-refractivity contribution in [3.63, 3.8) is 0 Å². The lowest BCUT2D eigenvalue weighted by Crippen LogP contribution is -2.40. The molecule has 3 aromatic carbocycles. The average molecular weight is 539 g/mol. The summed E-state index contributed by atoms with van der Waals surface area (Å²) in [6.07, 6.45) is 0. The number of esters is 1. The number of rotatable bonds is 9. The molecule has 3 aromatic rings. The first-order valence-electron chi connectivity index (χ1n) is 13.2. The molecule has 9 nitrogen and oxygen atoms in total. The Morgan fingerprint density at radius 1 is 0.775 bits per heavy atom. The molecule has 2 aliphatic heterocycles. The van der Waals surface area contributed by atoms with Gasteiger partial charge in [-0.05, 0) is 62.7 Å². The van der Waals surface area contributed by atoms with Crippen molar-refractivity contribution in [1.29, 1.82) is 0 Å². The second kappa shape index (κ2) is 11.5. The highest BCUT2D eigenvalue weighted by Gasteiger charge is 2.50. The Kier molecular flexibility index (Phi) is 7.72. The molecule has 0 bridgehead atoms. The number of amides is 2. The quantitative estimate of drug-likeness (QED) is 0.365. The van der Waals surface area contributed by atoms with E-state index in [1.807, 2.05) is 86.6 Å².